The molecule has 1 amide bonds. The van der Waals surface area contributed by atoms with Crippen LogP contribution >= 0.6 is 23.8 Å². The second kappa shape index (κ2) is 8.02. The zero-order chi connectivity index (χ0) is 19.6. The van der Waals surface area contributed by atoms with Gasteiger partial charge in [0.15, 0.2) is 4.77 Å². The van der Waals surface area contributed by atoms with Gasteiger partial charge in [-0.25, -0.2) is 4.39 Å². The van der Waals surface area contributed by atoms with Gasteiger partial charge >= 0.3 is 0 Å². The number of aromatic amines is 1. The van der Waals surface area contributed by atoms with Gasteiger partial charge in [-0.1, -0.05) is 29.8 Å². The first-order valence-electron chi connectivity index (χ1n) is 8.27. The summed E-state index contributed by atoms with van der Waals surface area (Å²) in [7, 11) is 1.56. The molecule has 0 aliphatic carbocycles. The second-order valence-electron chi connectivity index (χ2n) is 6.13. The van der Waals surface area contributed by atoms with Gasteiger partial charge < -0.3 is 9.88 Å². The van der Waals surface area contributed by atoms with Crippen LogP contribution in [-0.2, 0) is 17.9 Å². The maximum absolute atomic E-state index is 13.9. The SMILES string of the molecule is CN(Cc1c(F)cccc1Cl)C(=O)CCn1c(=S)[nH]c2ccccc2c1=O. The highest BCUT2D eigenvalue weighted by atomic mass is 35.5. The van der Waals surface area contributed by atoms with Crippen LogP contribution in [0.5, 0.6) is 0 Å². The highest BCUT2D eigenvalue weighted by molar-refractivity contribution is 7.71. The third-order valence-corrected chi connectivity index (χ3v) is 5.00. The van der Waals surface area contributed by atoms with Crippen LogP contribution in [0.4, 0.5) is 4.39 Å². The van der Waals surface area contributed by atoms with Crippen molar-refractivity contribution in [3.05, 3.63) is 74.0 Å². The van der Waals surface area contributed by atoms with Crippen LogP contribution in [0.2, 0.25) is 5.02 Å². The first-order chi connectivity index (χ1) is 12.9. The van der Waals surface area contributed by atoms with Crippen molar-refractivity contribution >= 4 is 40.6 Å². The molecule has 0 saturated carbocycles. The summed E-state index contributed by atoms with van der Waals surface area (Å²) in [5.41, 5.74) is 0.665. The number of nitrogens with one attached hydrogen (secondary N) is 1. The zero-order valence-electron chi connectivity index (χ0n) is 14.5. The van der Waals surface area contributed by atoms with E-state index in [9.17, 15) is 14.0 Å². The summed E-state index contributed by atoms with van der Waals surface area (Å²) in [6.07, 6.45) is 0.0539. The minimum Gasteiger partial charge on any atom is -0.341 e. The average molecular weight is 406 g/mol. The molecule has 0 radical (unpaired) electrons. The fraction of sp³-hybridized carbons (Fsp3) is 0.211. The van der Waals surface area contributed by atoms with E-state index in [-0.39, 0.29) is 46.3 Å². The summed E-state index contributed by atoms with van der Waals surface area (Å²) in [5.74, 6) is -0.709. The van der Waals surface area contributed by atoms with E-state index in [1.165, 1.54) is 21.6 Å². The lowest BCUT2D eigenvalue weighted by Crippen LogP contribution is -2.30. The van der Waals surface area contributed by atoms with E-state index < -0.39 is 5.82 Å². The smallest absolute Gasteiger partial charge is 0.262 e. The highest BCUT2D eigenvalue weighted by Gasteiger charge is 2.15. The number of para-hydroxylation sites is 1. The number of fused-ring (bicyclic) bond motifs is 1. The Labute approximate surface area is 165 Å². The predicted molar refractivity (Wildman–Crippen MR) is 106 cm³/mol. The lowest BCUT2D eigenvalue weighted by molar-refractivity contribution is -0.130. The van der Waals surface area contributed by atoms with Gasteiger partial charge in [0.05, 0.1) is 10.9 Å². The van der Waals surface area contributed by atoms with Crippen molar-refractivity contribution in [1.29, 1.82) is 0 Å². The van der Waals surface area contributed by atoms with Crippen molar-refractivity contribution in [3.8, 4) is 0 Å². The number of hydrogen-bond donors (Lipinski definition) is 1. The standard InChI is InChI=1S/C19H17ClFN3O2S/c1-23(11-13-14(20)6-4-7-15(13)21)17(25)9-10-24-18(26)12-5-2-3-8-16(12)22-19(24)27/h2-8H,9-11H2,1H3,(H,22,27). The van der Waals surface area contributed by atoms with E-state index in [4.69, 9.17) is 23.8 Å². The van der Waals surface area contributed by atoms with Crippen LogP contribution in [0.25, 0.3) is 10.9 Å². The van der Waals surface area contributed by atoms with Gasteiger partial charge in [-0.15, -0.1) is 0 Å². The Hall–Kier alpha value is -2.51. The Morgan fingerprint density at radius 1 is 1.26 bits per heavy atom. The molecule has 8 heteroatoms. The minimum atomic E-state index is -0.463. The molecule has 0 spiro atoms. The van der Waals surface area contributed by atoms with Crippen LogP contribution < -0.4 is 5.56 Å². The Balaban J connectivity index is 1.75. The third kappa shape index (κ3) is 4.09. The molecular formula is C19H17ClFN3O2S. The number of amides is 1. The summed E-state index contributed by atoms with van der Waals surface area (Å²) in [4.78, 5) is 29.4. The maximum atomic E-state index is 13.9. The molecular weight excluding hydrogens is 389 g/mol. The predicted octanol–water partition coefficient (Wildman–Crippen LogP) is 3.90. The van der Waals surface area contributed by atoms with Crippen molar-refractivity contribution in [1.82, 2.24) is 14.5 Å². The topological polar surface area (TPSA) is 58.1 Å². The summed E-state index contributed by atoms with van der Waals surface area (Å²) in [6, 6.07) is 11.4. The van der Waals surface area contributed by atoms with Gasteiger partial charge in [0.2, 0.25) is 5.91 Å². The number of aromatic nitrogens is 2. The van der Waals surface area contributed by atoms with Gasteiger partial charge in [0.1, 0.15) is 5.82 Å². The Morgan fingerprint density at radius 2 is 2.00 bits per heavy atom. The first-order valence-corrected chi connectivity index (χ1v) is 9.06. The molecule has 0 unspecified atom stereocenters. The molecule has 0 fully saturated rings. The van der Waals surface area contributed by atoms with Crippen molar-refractivity contribution in [2.24, 2.45) is 0 Å². The van der Waals surface area contributed by atoms with Crippen LogP contribution in [0, 0.1) is 10.6 Å². The Morgan fingerprint density at radius 3 is 2.74 bits per heavy atom. The molecule has 2 aromatic carbocycles. The Kier molecular flexibility index (Phi) is 5.72. The first kappa shape index (κ1) is 19.3. The van der Waals surface area contributed by atoms with Gasteiger partial charge in [0, 0.05) is 37.1 Å². The molecule has 5 nitrogen and oxygen atoms in total. The molecule has 1 heterocycles. The van der Waals surface area contributed by atoms with E-state index in [1.807, 2.05) is 6.07 Å². The van der Waals surface area contributed by atoms with Gasteiger partial charge in [-0.05, 0) is 36.5 Å². The third-order valence-electron chi connectivity index (χ3n) is 4.32. The summed E-state index contributed by atoms with van der Waals surface area (Å²) >= 11 is 11.2. The number of H-pyrrole nitrogens is 1. The van der Waals surface area contributed by atoms with E-state index in [1.54, 1.807) is 31.3 Å². The van der Waals surface area contributed by atoms with Crippen LogP contribution in [0.1, 0.15) is 12.0 Å². The molecule has 0 bridgehead atoms. The number of benzene rings is 2. The largest absolute Gasteiger partial charge is 0.341 e. The molecule has 3 rings (SSSR count). The van der Waals surface area contributed by atoms with E-state index in [2.05, 4.69) is 4.98 Å². The molecule has 0 saturated heterocycles. The lowest BCUT2D eigenvalue weighted by Gasteiger charge is -2.19. The Bertz CT molecular complexity index is 1110. The monoisotopic (exact) mass is 405 g/mol. The fourth-order valence-corrected chi connectivity index (χ4v) is 3.32. The van der Waals surface area contributed by atoms with Crippen LogP contribution in [0.3, 0.4) is 0 Å². The van der Waals surface area contributed by atoms with Gasteiger partial charge in [-0.3, -0.25) is 14.2 Å². The normalized spacial score (nSPS) is 10.9. The zero-order valence-corrected chi connectivity index (χ0v) is 16.1. The fourth-order valence-electron chi connectivity index (χ4n) is 2.81. The maximum Gasteiger partial charge on any atom is 0.262 e. The number of carbonyl (C=O) groups excluding carboxylic acids is 1. The quantitative estimate of drug-likeness (QED) is 0.655. The van der Waals surface area contributed by atoms with E-state index in [0.717, 1.165) is 0 Å². The minimum absolute atomic E-state index is 0.0455. The summed E-state index contributed by atoms with van der Waals surface area (Å²) in [5, 5.41) is 0.771. The van der Waals surface area contributed by atoms with E-state index in [0.29, 0.717) is 10.9 Å². The molecule has 140 valence electrons. The molecule has 3 aromatic rings. The second-order valence-corrected chi connectivity index (χ2v) is 6.93. The number of nitrogens with zero attached hydrogens (tertiary/aromatic N) is 2. The van der Waals surface area contributed by atoms with Crippen LogP contribution in [-0.4, -0.2) is 27.4 Å². The van der Waals surface area contributed by atoms with Crippen LogP contribution in [0.15, 0.2) is 47.3 Å². The van der Waals surface area contributed by atoms with Crippen molar-refractivity contribution in [3.63, 3.8) is 0 Å². The molecule has 0 aliphatic rings. The molecule has 1 N–H and O–H groups in total. The van der Waals surface area contributed by atoms with Gasteiger partial charge in [-0.2, -0.15) is 0 Å². The molecule has 1 aromatic heterocycles. The number of carbonyl (C=O) groups is 1. The van der Waals surface area contributed by atoms with Crippen molar-refractivity contribution in [2.75, 3.05) is 7.05 Å². The van der Waals surface area contributed by atoms with Crippen molar-refractivity contribution in [2.45, 2.75) is 19.5 Å². The molecule has 27 heavy (non-hydrogen) atoms. The number of halogens is 2. The number of hydrogen-bond acceptors (Lipinski definition) is 3. The number of rotatable bonds is 5. The van der Waals surface area contributed by atoms with Gasteiger partial charge in [0.25, 0.3) is 5.56 Å². The van der Waals surface area contributed by atoms with Crippen molar-refractivity contribution < 1.29 is 9.18 Å². The summed E-state index contributed by atoms with van der Waals surface area (Å²) in [6.45, 7) is 0.178. The molecule has 0 atom stereocenters. The lowest BCUT2D eigenvalue weighted by atomic mass is 10.2. The molecule has 0 aliphatic heterocycles. The average Bonchev–Trinajstić information content (AvgIpc) is 2.64. The summed E-state index contributed by atoms with van der Waals surface area (Å²) < 4.78 is 15.5. The highest BCUT2D eigenvalue weighted by Crippen LogP contribution is 2.20. The van der Waals surface area contributed by atoms with E-state index >= 15 is 0 Å².